The van der Waals surface area contributed by atoms with Crippen LogP contribution in [-0.2, 0) is 28.6 Å². The molecule has 0 saturated heterocycles. The minimum absolute atomic E-state index is 0.0800. The number of unbranched alkanes of at least 4 members (excludes halogenated alkanes) is 33. The molecule has 0 bridgehead atoms. The molecule has 6 heteroatoms. The van der Waals surface area contributed by atoms with E-state index in [2.05, 4.69) is 118 Å². The average Bonchev–Trinajstić information content (AvgIpc) is 3.44. The van der Waals surface area contributed by atoms with E-state index in [-0.39, 0.29) is 31.1 Å². The van der Waals surface area contributed by atoms with Crippen LogP contribution in [0.2, 0.25) is 0 Å². The Morgan fingerprint density at radius 2 is 0.500 bits per heavy atom. The van der Waals surface area contributed by atoms with Gasteiger partial charge in [-0.25, -0.2) is 0 Å². The minimum atomic E-state index is -0.783. The van der Waals surface area contributed by atoms with E-state index in [0.717, 1.165) is 116 Å². The first kappa shape index (κ1) is 74.3. The van der Waals surface area contributed by atoms with E-state index >= 15 is 0 Å². The highest BCUT2D eigenvalue weighted by atomic mass is 16.6. The van der Waals surface area contributed by atoms with Crippen molar-refractivity contribution in [2.45, 2.75) is 329 Å². The summed E-state index contributed by atoms with van der Waals surface area (Å²) in [6.45, 7) is 6.49. The van der Waals surface area contributed by atoms with Crippen LogP contribution >= 0.6 is 0 Å². The van der Waals surface area contributed by atoms with Gasteiger partial charge in [-0.3, -0.25) is 14.4 Å². The van der Waals surface area contributed by atoms with E-state index in [4.69, 9.17) is 14.2 Å². The van der Waals surface area contributed by atoms with Gasteiger partial charge < -0.3 is 14.2 Å². The highest BCUT2D eigenvalue weighted by Gasteiger charge is 2.19. The van der Waals surface area contributed by atoms with E-state index < -0.39 is 6.10 Å². The Hall–Kier alpha value is -3.67. The largest absolute Gasteiger partial charge is 0.462 e. The van der Waals surface area contributed by atoms with Crippen LogP contribution in [0.15, 0.2) is 97.2 Å². The lowest BCUT2D eigenvalue weighted by Gasteiger charge is -2.18. The van der Waals surface area contributed by atoms with Crippen molar-refractivity contribution in [1.82, 2.24) is 0 Å². The van der Waals surface area contributed by atoms with Gasteiger partial charge in [0.25, 0.3) is 0 Å². The van der Waals surface area contributed by atoms with E-state index in [1.165, 1.54) is 167 Å². The summed E-state index contributed by atoms with van der Waals surface area (Å²) in [5, 5.41) is 0. The average molecular weight is 1090 g/mol. The number of allylic oxidation sites excluding steroid dienone is 16. The third-order valence-electron chi connectivity index (χ3n) is 14.3. The minimum Gasteiger partial charge on any atom is -0.462 e. The van der Waals surface area contributed by atoms with E-state index in [9.17, 15) is 14.4 Å². The quantitative estimate of drug-likeness (QED) is 0.0261. The van der Waals surface area contributed by atoms with Crippen LogP contribution in [0.1, 0.15) is 323 Å². The van der Waals surface area contributed by atoms with Gasteiger partial charge in [-0.1, -0.05) is 279 Å². The molecule has 0 aromatic carbocycles. The number of ether oxygens (including phenoxy) is 3. The number of carbonyl (C=O) groups is 3. The molecular weight excluding hydrogens is 961 g/mol. The van der Waals surface area contributed by atoms with Crippen molar-refractivity contribution in [3.8, 4) is 0 Å². The summed E-state index contributed by atoms with van der Waals surface area (Å²) in [4.78, 5) is 38.2. The Balaban J connectivity index is 4.09. The van der Waals surface area contributed by atoms with Gasteiger partial charge >= 0.3 is 17.9 Å². The second kappa shape index (κ2) is 65.8. The fourth-order valence-electron chi connectivity index (χ4n) is 9.32. The Kier molecular flexibility index (Phi) is 62.7. The predicted molar refractivity (Wildman–Crippen MR) is 339 cm³/mol. The molecule has 0 N–H and O–H groups in total. The van der Waals surface area contributed by atoms with Crippen molar-refractivity contribution in [2.24, 2.45) is 0 Å². The maximum absolute atomic E-state index is 12.8. The molecule has 0 aromatic heterocycles. The van der Waals surface area contributed by atoms with Crippen molar-refractivity contribution in [2.75, 3.05) is 13.2 Å². The van der Waals surface area contributed by atoms with Gasteiger partial charge in [0.05, 0.1) is 0 Å². The Bertz CT molecular complexity index is 1530. The molecule has 0 aliphatic rings. The number of hydrogen-bond donors (Lipinski definition) is 0. The third kappa shape index (κ3) is 63.2. The van der Waals surface area contributed by atoms with Crippen molar-refractivity contribution >= 4 is 17.9 Å². The second-order valence-electron chi connectivity index (χ2n) is 22.0. The zero-order chi connectivity index (χ0) is 56.4. The van der Waals surface area contributed by atoms with Crippen LogP contribution in [0.5, 0.6) is 0 Å². The summed E-state index contributed by atoms with van der Waals surface area (Å²) < 4.78 is 16.9. The molecule has 6 nitrogen and oxygen atoms in total. The Morgan fingerprint density at radius 3 is 0.821 bits per heavy atom. The van der Waals surface area contributed by atoms with Crippen LogP contribution in [0.25, 0.3) is 0 Å². The smallest absolute Gasteiger partial charge is 0.306 e. The van der Waals surface area contributed by atoms with Crippen LogP contribution in [0, 0.1) is 0 Å². The zero-order valence-corrected chi connectivity index (χ0v) is 51.4. The molecule has 0 aliphatic carbocycles. The SMILES string of the molecule is CC/C=C\C/C=C\C/C=C\C/C=C\C/C=C\C/C=C\CCCCCCCCCCCCCCCCCCC(=O)OCC(COC(=O)CCCCCCC/C=C\CCCCC)OC(=O)CCCCCCC/C=C\CCCCCC. The third-order valence-corrected chi connectivity index (χ3v) is 14.3. The number of hydrogen-bond acceptors (Lipinski definition) is 6. The number of carbonyl (C=O) groups excluding carboxylic acids is 3. The molecule has 78 heavy (non-hydrogen) atoms. The van der Waals surface area contributed by atoms with Gasteiger partial charge in [0.1, 0.15) is 13.2 Å². The lowest BCUT2D eigenvalue weighted by molar-refractivity contribution is -0.167. The topological polar surface area (TPSA) is 78.9 Å². The zero-order valence-electron chi connectivity index (χ0n) is 51.4. The van der Waals surface area contributed by atoms with Crippen LogP contribution in [-0.4, -0.2) is 37.2 Å². The second-order valence-corrected chi connectivity index (χ2v) is 22.0. The number of rotatable bonds is 60. The first-order chi connectivity index (χ1) is 38.5. The van der Waals surface area contributed by atoms with Gasteiger partial charge in [0.2, 0.25) is 0 Å². The summed E-state index contributed by atoms with van der Waals surface area (Å²) in [5.74, 6) is -0.888. The molecule has 0 amide bonds. The van der Waals surface area contributed by atoms with E-state index in [0.29, 0.717) is 19.3 Å². The molecule has 448 valence electrons. The van der Waals surface area contributed by atoms with E-state index in [1.807, 2.05) is 0 Å². The molecule has 0 aliphatic heterocycles. The highest BCUT2D eigenvalue weighted by molar-refractivity contribution is 5.71. The molecular formula is C72H124O6. The highest BCUT2D eigenvalue weighted by Crippen LogP contribution is 2.17. The maximum atomic E-state index is 12.8. The van der Waals surface area contributed by atoms with Gasteiger partial charge in [-0.05, 0) is 122 Å². The van der Waals surface area contributed by atoms with Gasteiger partial charge in [-0.2, -0.15) is 0 Å². The summed E-state index contributed by atoms with van der Waals surface area (Å²) in [7, 11) is 0. The van der Waals surface area contributed by atoms with Crippen molar-refractivity contribution in [3.63, 3.8) is 0 Å². The molecule has 1 unspecified atom stereocenters. The fraction of sp³-hybridized carbons (Fsp3) is 0.736. The van der Waals surface area contributed by atoms with Gasteiger partial charge in [-0.15, -0.1) is 0 Å². The molecule has 0 fully saturated rings. The van der Waals surface area contributed by atoms with E-state index in [1.54, 1.807) is 0 Å². The van der Waals surface area contributed by atoms with Crippen molar-refractivity contribution in [3.05, 3.63) is 97.2 Å². The molecule has 0 heterocycles. The first-order valence-electron chi connectivity index (χ1n) is 33.2. The normalized spacial score (nSPS) is 12.7. The summed E-state index contributed by atoms with van der Waals surface area (Å²) in [5.41, 5.74) is 0. The summed E-state index contributed by atoms with van der Waals surface area (Å²) >= 11 is 0. The van der Waals surface area contributed by atoms with Crippen LogP contribution in [0.3, 0.4) is 0 Å². The van der Waals surface area contributed by atoms with Gasteiger partial charge in [0, 0.05) is 19.3 Å². The first-order valence-corrected chi connectivity index (χ1v) is 33.2. The molecule has 0 spiro atoms. The molecule has 1 atom stereocenters. The lowest BCUT2D eigenvalue weighted by Crippen LogP contribution is -2.30. The predicted octanol–water partition coefficient (Wildman–Crippen LogP) is 22.8. The van der Waals surface area contributed by atoms with Crippen molar-refractivity contribution in [1.29, 1.82) is 0 Å². The molecule has 0 radical (unpaired) electrons. The van der Waals surface area contributed by atoms with Crippen LogP contribution < -0.4 is 0 Å². The fourth-order valence-corrected chi connectivity index (χ4v) is 9.32. The summed E-state index contributed by atoms with van der Waals surface area (Å²) in [6, 6.07) is 0. The maximum Gasteiger partial charge on any atom is 0.306 e. The summed E-state index contributed by atoms with van der Waals surface area (Å²) in [6.07, 6.45) is 88.7. The molecule has 0 saturated carbocycles. The molecule has 0 aromatic rings. The lowest BCUT2D eigenvalue weighted by atomic mass is 10.0. The Morgan fingerprint density at radius 1 is 0.269 bits per heavy atom. The Labute approximate surface area is 483 Å². The van der Waals surface area contributed by atoms with Gasteiger partial charge in [0.15, 0.2) is 6.10 Å². The van der Waals surface area contributed by atoms with Crippen molar-refractivity contribution < 1.29 is 28.6 Å². The standard InChI is InChI=1S/C72H124O6/c1-4-7-10-13-16-19-22-25-26-27-28-29-30-31-32-33-34-35-36-37-38-39-40-41-42-43-44-45-46-48-50-53-56-59-62-65-71(74)77-68-69(67-76-70(73)64-61-58-55-52-49-24-21-18-15-12-9-6-3)78-72(75)66-63-60-57-54-51-47-23-20-17-14-11-8-5-2/h7,10,16,18-21,23,25-26,28-29,31-32,34-35,69H,4-6,8-9,11-15,17,22,24,27,30,33,36-68H2,1-3H3/b10-7-,19-16-,21-18-,23-20-,26-25-,29-28-,32-31-,35-34-. The molecule has 0 rings (SSSR count). The number of esters is 3. The van der Waals surface area contributed by atoms with Crippen LogP contribution in [0.4, 0.5) is 0 Å². The monoisotopic (exact) mass is 1080 g/mol.